The second-order valence-electron chi connectivity index (χ2n) is 6.29. The van der Waals surface area contributed by atoms with E-state index in [0.717, 1.165) is 5.56 Å². The summed E-state index contributed by atoms with van der Waals surface area (Å²) < 4.78 is 23.5. The molecule has 1 heterocycles. The van der Waals surface area contributed by atoms with Gasteiger partial charge in [0.25, 0.3) is 5.91 Å². The molecule has 1 amide bonds. The maximum Gasteiger partial charge on any atom is 0.262 e. The molecule has 0 spiro atoms. The largest absolute Gasteiger partial charge is 0.497 e. The first-order valence-corrected chi connectivity index (χ1v) is 8.87. The van der Waals surface area contributed by atoms with Crippen molar-refractivity contribution in [2.45, 2.75) is 6.92 Å². The zero-order valence-corrected chi connectivity index (χ0v) is 16.1. The minimum atomic E-state index is -0.615. The summed E-state index contributed by atoms with van der Waals surface area (Å²) in [5.41, 5.74) is 2.55. The van der Waals surface area contributed by atoms with Crippen LogP contribution in [-0.4, -0.2) is 44.7 Å². The van der Waals surface area contributed by atoms with Gasteiger partial charge in [-0.15, -0.1) is 0 Å². The standard InChI is InChI=1S/C21H22FN3O3/c1-14(23-12-13-27-2)19-20(15-4-10-18(28-3)11-5-15)24-25(21(19)26)17-8-6-16(22)7-9-17/h4-11,19H,12-13H2,1-3H3. The van der Waals surface area contributed by atoms with Crippen molar-refractivity contribution >= 4 is 23.0 Å². The van der Waals surface area contributed by atoms with Crippen LogP contribution in [0.3, 0.4) is 0 Å². The van der Waals surface area contributed by atoms with Crippen molar-refractivity contribution in [1.29, 1.82) is 0 Å². The number of rotatable bonds is 7. The fraction of sp³-hybridized carbons (Fsp3) is 0.286. The Bertz CT molecular complexity index is 892. The van der Waals surface area contributed by atoms with E-state index in [1.54, 1.807) is 14.2 Å². The number of anilines is 1. The van der Waals surface area contributed by atoms with E-state index >= 15 is 0 Å². The van der Waals surface area contributed by atoms with E-state index in [4.69, 9.17) is 9.47 Å². The summed E-state index contributed by atoms with van der Waals surface area (Å²) in [6.45, 7) is 2.74. The number of amides is 1. The number of nitrogens with zero attached hydrogens (tertiary/aromatic N) is 3. The Morgan fingerprint density at radius 2 is 1.82 bits per heavy atom. The van der Waals surface area contributed by atoms with Gasteiger partial charge in [0.2, 0.25) is 0 Å². The quantitative estimate of drug-likeness (QED) is 0.544. The lowest BCUT2D eigenvalue weighted by molar-refractivity contribution is -0.118. The Kier molecular flexibility index (Phi) is 6.16. The molecule has 0 N–H and O–H groups in total. The Labute approximate surface area is 163 Å². The Balaban J connectivity index is 2.00. The summed E-state index contributed by atoms with van der Waals surface area (Å²) in [7, 11) is 3.20. The molecule has 0 bridgehead atoms. The lowest BCUT2D eigenvalue weighted by atomic mass is 9.93. The second-order valence-corrected chi connectivity index (χ2v) is 6.29. The molecule has 1 unspecified atom stereocenters. The van der Waals surface area contributed by atoms with Gasteiger partial charge in [0, 0.05) is 12.8 Å². The summed E-state index contributed by atoms with van der Waals surface area (Å²) in [5, 5.41) is 5.86. The van der Waals surface area contributed by atoms with Crippen molar-refractivity contribution in [3.05, 3.63) is 59.9 Å². The number of ether oxygens (including phenoxy) is 2. The molecule has 0 fully saturated rings. The van der Waals surface area contributed by atoms with Gasteiger partial charge in [-0.05, 0) is 61.0 Å². The minimum absolute atomic E-state index is 0.226. The molecule has 1 aliphatic heterocycles. The van der Waals surface area contributed by atoms with Crippen LogP contribution in [-0.2, 0) is 9.53 Å². The first-order valence-electron chi connectivity index (χ1n) is 8.87. The minimum Gasteiger partial charge on any atom is -0.497 e. The molecule has 6 nitrogen and oxygen atoms in total. The van der Waals surface area contributed by atoms with Crippen LogP contribution in [0.1, 0.15) is 12.5 Å². The molecule has 2 aromatic rings. The first kappa shape index (κ1) is 19.7. The lowest BCUT2D eigenvalue weighted by Gasteiger charge is -2.15. The van der Waals surface area contributed by atoms with Gasteiger partial charge >= 0.3 is 0 Å². The number of carbonyl (C=O) groups is 1. The Morgan fingerprint density at radius 1 is 1.14 bits per heavy atom. The molecule has 0 radical (unpaired) electrons. The topological polar surface area (TPSA) is 63.5 Å². The lowest BCUT2D eigenvalue weighted by Crippen LogP contribution is -2.32. The van der Waals surface area contributed by atoms with E-state index in [1.807, 2.05) is 31.2 Å². The van der Waals surface area contributed by atoms with Gasteiger partial charge in [0.1, 0.15) is 17.5 Å². The molecule has 2 aromatic carbocycles. The predicted octanol–water partition coefficient (Wildman–Crippen LogP) is 3.31. The highest BCUT2D eigenvalue weighted by molar-refractivity contribution is 6.32. The highest BCUT2D eigenvalue weighted by atomic mass is 19.1. The highest BCUT2D eigenvalue weighted by Crippen LogP contribution is 2.28. The molecule has 0 aliphatic carbocycles. The van der Waals surface area contributed by atoms with E-state index in [2.05, 4.69) is 10.1 Å². The molecule has 3 rings (SSSR count). The summed E-state index contributed by atoms with van der Waals surface area (Å²) >= 11 is 0. The monoisotopic (exact) mass is 383 g/mol. The number of hydrogen-bond donors (Lipinski definition) is 0. The van der Waals surface area contributed by atoms with Crippen LogP contribution < -0.4 is 9.75 Å². The summed E-state index contributed by atoms with van der Waals surface area (Å²) in [4.78, 5) is 17.6. The van der Waals surface area contributed by atoms with Crippen LogP contribution >= 0.6 is 0 Å². The van der Waals surface area contributed by atoms with Gasteiger partial charge in [0.05, 0.1) is 31.7 Å². The van der Waals surface area contributed by atoms with Crippen LogP contribution in [0.2, 0.25) is 0 Å². The summed E-state index contributed by atoms with van der Waals surface area (Å²) in [6.07, 6.45) is 0. The van der Waals surface area contributed by atoms with E-state index in [1.165, 1.54) is 29.3 Å². The smallest absolute Gasteiger partial charge is 0.262 e. The van der Waals surface area contributed by atoms with Crippen molar-refractivity contribution in [1.82, 2.24) is 0 Å². The fourth-order valence-electron chi connectivity index (χ4n) is 2.99. The van der Waals surface area contributed by atoms with Gasteiger partial charge < -0.3 is 9.47 Å². The molecule has 0 saturated heterocycles. The maximum absolute atomic E-state index is 13.3. The highest BCUT2D eigenvalue weighted by Gasteiger charge is 2.39. The molecule has 0 aromatic heterocycles. The van der Waals surface area contributed by atoms with Gasteiger partial charge in [-0.25, -0.2) is 4.39 Å². The average molecular weight is 383 g/mol. The van der Waals surface area contributed by atoms with Crippen LogP contribution in [0, 0.1) is 11.7 Å². The third kappa shape index (κ3) is 4.09. The van der Waals surface area contributed by atoms with Gasteiger partial charge in [-0.2, -0.15) is 10.1 Å². The van der Waals surface area contributed by atoms with Crippen molar-refractivity contribution < 1.29 is 18.7 Å². The van der Waals surface area contributed by atoms with Gasteiger partial charge in [0.15, 0.2) is 0 Å². The fourth-order valence-corrected chi connectivity index (χ4v) is 2.99. The number of hydrazone groups is 1. The third-order valence-electron chi connectivity index (χ3n) is 4.47. The first-order chi connectivity index (χ1) is 13.5. The van der Waals surface area contributed by atoms with Crippen molar-refractivity contribution in [3.8, 4) is 5.75 Å². The Morgan fingerprint density at radius 3 is 2.43 bits per heavy atom. The molecule has 28 heavy (non-hydrogen) atoms. The van der Waals surface area contributed by atoms with Crippen molar-refractivity contribution in [3.63, 3.8) is 0 Å². The number of carbonyl (C=O) groups excluding carboxylic acids is 1. The Hall–Kier alpha value is -3.06. The van der Waals surface area contributed by atoms with Crippen LogP contribution in [0.25, 0.3) is 0 Å². The zero-order chi connectivity index (χ0) is 20.1. The van der Waals surface area contributed by atoms with Crippen LogP contribution in [0.15, 0.2) is 58.6 Å². The number of halogens is 1. The second kappa shape index (κ2) is 8.75. The van der Waals surface area contributed by atoms with E-state index in [-0.39, 0.29) is 11.7 Å². The summed E-state index contributed by atoms with van der Waals surface area (Å²) in [5.74, 6) is -0.499. The molecular weight excluding hydrogens is 361 g/mol. The SMILES string of the molecule is COCCN=C(C)C1C(=O)N(c2ccc(F)cc2)N=C1c1ccc(OC)cc1. The number of benzene rings is 2. The van der Waals surface area contributed by atoms with Crippen LogP contribution in [0.5, 0.6) is 5.75 Å². The normalized spacial score (nSPS) is 17.1. The predicted molar refractivity (Wildman–Crippen MR) is 107 cm³/mol. The molecule has 0 saturated carbocycles. The number of hydrogen-bond acceptors (Lipinski definition) is 5. The zero-order valence-electron chi connectivity index (χ0n) is 16.1. The number of methoxy groups -OCH3 is 2. The van der Waals surface area contributed by atoms with Gasteiger partial charge in [-0.3, -0.25) is 9.79 Å². The van der Waals surface area contributed by atoms with E-state index < -0.39 is 5.92 Å². The molecule has 146 valence electrons. The van der Waals surface area contributed by atoms with Crippen molar-refractivity contribution in [2.75, 3.05) is 32.4 Å². The van der Waals surface area contributed by atoms with Gasteiger partial charge in [-0.1, -0.05) is 0 Å². The number of aliphatic imine (C=N–C) groups is 1. The average Bonchev–Trinajstić information content (AvgIpc) is 3.06. The molecule has 1 aliphatic rings. The maximum atomic E-state index is 13.3. The van der Waals surface area contributed by atoms with E-state index in [0.29, 0.717) is 36.0 Å². The van der Waals surface area contributed by atoms with Crippen molar-refractivity contribution in [2.24, 2.45) is 16.0 Å². The molecule has 1 atom stereocenters. The molecule has 7 heteroatoms. The third-order valence-corrected chi connectivity index (χ3v) is 4.47. The van der Waals surface area contributed by atoms with Crippen LogP contribution in [0.4, 0.5) is 10.1 Å². The van der Waals surface area contributed by atoms with E-state index in [9.17, 15) is 9.18 Å². The molecular formula is C21H22FN3O3. The summed E-state index contributed by atoms with van der Waals surface area (Å²) in [6, 6.07) is 13.0.